The fraction of sp³-hybridized carbons (Fsp3) is 0.286. The molecule has 0 fully saturated rings. The standard InChI is InChI=1S/C21H28N6O3S/c22-9-14-1-3-16(4-2-14)13-31-27-18(12-28)21(30)26-11-19(29)25-10-15-5-7-17(8-6-15)20(23)24/h1-8,18,27-28H,9-13,22H2,(H3,23,24)(H,25,29)(H,26,30)/t18-/m1/s1. The third kappa shape index (κ3) is 8.38. The van der Waals surface area contributed by atoms with Crippen LogP contribution in [0.15, 0.2) is 48.5 Å². The van der Waals surface area contributed by atoms with Crippen molar-refractivity contribution in [2.24, 2.45) is 11.5 Å². The van der Waals surface area contributed by atoms with Crippen LogP contribution in [0.25, 0.3) is 0 Å². The van der Waals surface area contributed by atoms with Gasteiger partial charge in [0.25, 0.3) is 0 Å². The lowest BCUT2D eigenvalue weighted by Crippen LogP contribution is -2.47. The van der Waals surface area contributed by atoms with Gasteiger partial charge in [0.05, 0.1) is 13.2 Å². The molecule has 1 atom stereocenters. The first-order chi connectivity index (χ1) is 14.9. The molecular formula is C21H28N6O3S. The first-order valence-electron chi connectivity index (χ1n) is 9.66. The van der Waals surface area contributed by atoms with Crippen LogP contribution in [0.1, 0.15) is 22.3 Å². The number of rotatable bonds is 12. The maximum absolute atomic E-state index is 12.2. The van der Waals surface area contributed by atoms with Crippen LogP contribution in [-0.2, 0) is 28.4 Å². The van der Waals surface area contributed by atoms with Crippen LogP contribution in [0.5, 0.6) is 0 Å². The SMILES string of the molecule is N=C(N)c1ccc(CNC(=O)CNC(=O)[C@@H](CO)NSCc2ccc(CN)cc2)cc1. The zero-order chi connectivity index (χ0) is 22.6. The van der Waals surface area contributed by atoms with E-state index in [1.54, 1.807) is 24.3 Å². The maximum atomic E-state index is 12.2. The normalized spacial score (nSPS) is 11.5. The number of amides is 2. The monoisotopic (exact) mass is 444 g/mol. The second-order valence-corrected chi connectivity index (χ2v) is 7.58. The van der Waals surface area contributed by atoms with Gasteiger partial charge >= 0.3 is 0 Å². The van der Waals surface area contributed by atoms with E-state index >= 15 is 0 Å². The Balaban J connectivity index is 1.69. The van der Waals surface area contributed by atoms with E-state index in [9.17, 15) is 14.7 Å². The number of hydrogen-bond acceptors (Lipinski definition) is 7. The fourth-order valence-corrected chi connectivity index (χ4v) is 3.35. The average molecular weight is 445 g/mol. The third-order valence-corrected chi connectivity index (χ3v) is 5.33. The van der Waals surface area contributed by atoms with Gasteiger partial charge in [-0.1, -0.05) is 60.5 Å². The second-order valence-electron chi connectivity index (χ2n) is 6.77. The Morgan fingerprint density at radius 3 is 2.19 bits per heavy atom. The molecule has 0 bridgehead atoms. The van der Waals surface area contributed by atoms with Crippen LogP contribution in [0, 0.1) is 5.41 Å². The van der Waals surface area contributed by atoms with E-state index in [-0.39, 0.29) is 24.8 Å². The molecule has 0 radical (unpaired) electrons. The van der Waals surface area contributed by atoms with E-state index in [4.69, 9.17) is 16.9 Å². The number of aliphatic hydroxyl groups is 1. The molecule has 9 N–H and O–H groups in total. The Labute approximate surface area is 185 Å². The van der Waals surface area contributed by atoms with Gasteiger partial charge in [0.15, 0.2) is 0 Å². The van der Waals surface area contributed by atoms with Crippen molar-refractivity contribution < 1.29 is 14.7 Å². The minimum atomic E-state index is -0.833. The highest BCUT2D eigenvalue weighted by atomic mass is 32.2. The Hall–Kier alpha value is -2.92. The molecule has 2 rings (SSSR count). The lowest BCUT2D eigenvalue weighted by molar-refractivity contribution is -0.127. The zero-order valence-electron chi connectivity index (χ0n) is 17.1. The average Bonchev–Trinajstić information content (AvgIpc) is 2.79. The summed E-state index contributed by atoms with van der Waals surface area (Å²) < 4.78 is 2.91. The van der Waals surface area contributed by atoms with E-state index in [0.717, 1.165) is 16.7 Å². The number of hydrogen-bond donors (Lipinski definition) is 7. The second kappa shape index (κ2) is 12.7. The molecule has 0 saturated heterocycles. The molecule has 0 aliphatic heterocycles. The van der Waals surface area contributed by atoms with Crippen LogP contribution < -0.4 is 26.8 Å². The molecule has 0 aromatic heterocycles. The van der Waals surface area contributed by atoms with Gasteiger partial charge in [-0.15, -0.1) is 0 Å². The number of nitrogens with two attached hydrogens (primary N) is 2. The van der Waals surface area contributed by atoms with E-state index in [1.807, 2.05) is 24.3 Å². The summed E-state index contributed by atoms with van der Waals surface area (Å²) in [6, 6.07) is 13.9. The van der Waals surface area contributed by atoms with Crippen molar-refractivity contribution in [2.75, 3.05) is 13.2 Å². The van der Waals surface area contributed by atoms with Crippen LogP contribution in [0.3, 0.4) is 0 Å². The summed E-state index contributed by atoms with van der Waals surface area (Å²) in [6.07, 6.45) is 0. The van der Waals surface area contributed by atoms with E-state index in [0.29, 0.717) is 17.9 Å². The van der Waals surface area contributed by atoms with Crippen molar-refractivity contribution in [3.63, 3.8) is 0 Å². The van der Waals surface area contributed by atoms with Crippen LogP contribution in [0.2, 0.25) is 0 Å². The van der Waals surface area contributed by atoms with Crippen LogP contribution >= 0.6 is 11.9 Å². The molecule has 9 nitrogen and oxygen atoms in total. The molecule has 2 aromatic carbocycles. The predicted octanol–water partition coefficient (Wildman–Crippen LogP) is -0.0393. The van der Waals surface area contributed by atoms with Crippen molar-refractivity contribution in [3.05, 3.63) is 70.8 Å². The fourth-order valence-electron chi connectivity index (χ4n) is 2.53. The van der Waals surface area contributed by atoms with E-state index in [1.165, 1.54) is 11.9 Å². The summed E-state index contributed by atoms with van der Waals surface area (Å²) >= 11 is 1.30. The molecule has 0 aliphatic carbocycles. The highest BCUT2D eigenvalue weighted by Gasteiger charge is 2.17. The van der Waals surface area contributed by atoms with Crippen molar-refractivity contribution in [1.29, 1.82) is 5.41 Å². The highest BCUT2D eigenvalue weighted by molar-refractivity contribution is 7.96. The van der Waals surface area contributed by atoms with Gasteiger partial charge in [-0.3, -0.25) is 15.0 Å². The van der Waals surface area contributed by atoms with Crippen LogP contribution in [-0.4, -0.2) is 41.9 Å². The molecule has 31 heavy (non-hydrogen) atoms. The van der Waals surface area contributed by atoms with E-state index in [2.05, 4.69) is 15.4 Å². The summed E-state index contributed by atoms with van der Waals surface area (Å²) in [5, 5.41) is 22.0. The van der Waals surface area contributed by atoms with Gasteiger partial charge in [0, 0.05) is 24.4 Å². The number of benzene rings is 2. The lowest BCUT2D eigenvalue weighted by atomic mass is 10.1. The minimum absolute atomic E-state index is 0.0204. The highest BCUT2D eigenvalue weighted by Crippen LogP contribution is 2.11. The predicted molar refractivity (Wildman–Crippen MR) is 122 cm³/mol. The number of carbonyl (C=O) groups excluding carboxylic acids is 2. The summed E-state index contributed by atoms with van der Waals surface area (Å²) in [5.74, 6) is -0.229. The largest absolute Gasteiger partial charge is 0.394 e. The Morgan fingerprint density at radius 1 is 1.00 bits per heavy atom. The number of amidine groups is 1. The number of nitrogen functional groups attached to an aromatic ring is 1. The first kappa shape index (κ1) is 24.4. The summed E-state index contributed by atoms with van der Waals surface area (Å²) in [4.78, 5) is 24.2. The quantitative estimate of drug-likeness (QED) is 0.137. The van der Waals surface area contributed by atoms with Crippen molar-refractivity contribution in [3.8, 4) is 0 Å². The van der Waals surface area contributed by atoms with Gasteiger partial charge in [-0.05, 0) is 16.7 Å². The molecule has 0 unspecified atom stereocenters. The number of nitrogens with one attached hydrogen (secondary N) is 4. The van der Waals surface area contributed by atoms with Crippen molar-refractivity contribution in [2.45, 2.75) is 24.9 Å². The number of aliphatic hydroxyl groups excluding tert-OH is 1. The summed E-state index contributed by atoms with van der Waals surface area (Å²) in [6.45, 7) is 0.175. The Bertz CT molecular complexity index is 874. The molecule has 2 amide bonds. The van der Waals surface area contributed by atoms with Crippen LogP contribution in [0.4, 0.5) is 0 Å². The lowest BCUT2D eigenvalue weighted by Gasteiger charge is -2.15. The topological polar surface area (TPSA) is 166 Å². The molecule has 2 aromatic rings. The summed E-state index contributed by atoms with van der Waals surface area (Å²) in [7, 11) is 0. The van der Waals surface area contributed by atoms with Crippen molar-refractivity contribution >= 4 is 29.6 Å². The number of carbonyl (C=O) groups is 2. The van der Waals surface area contributed by atoms with Gasteiger partial charge in [0.2, 0.25) is 11.8 Å². The Morgan fingerprint density at radius 2 is 1.61 bits per heavy atom. The first-order valence-corrected chi connectivity index (χ1v) is 10.6. The molecule has 0 saturated carbocycles. The molecular weight excluding hydrogens is 416 g/mol. The van der Waals surface area contributed by atoms with Gasteiger partial charge in [-0.25, -0.2) is 4.72 Å². The maximum Gasteiger partial charge on any atom is 0.240 e. The van der Waals surface area contributed by atoms with Gasteiger partial charge in [-0.2, -0.15) is 0 Å². The zero-order valence-corrected chi connectivity index (χ0v) is 17.9. The van der Waals surface area contributed by atoms with E-state index < -0.39 is 18.6 Å². The smallest absolute Gasteiger partial charge is 0.240 e. The third-order valence-electron chi connectivity index (χ3n) is 4.40. The molecule has 0 heterocycles. The molecule has 10 heteroatoms. The minimum Gasteiger partial charge on any atom is -0.394 e. The van der Waals surface area contributed by atoms with Gasteiger partial charge in [0.1, 0.15) is 11.9 Å². The Kier molecular flexibility index (Phi) is 9.98. The van der Waals surface area contributed by atoms with Gasteiger partial charge < -0.3 is 27.2 Å². The molecule has 0 aliphatic rings. The molecule has 0 spiro atoms. The van der Waals surface area contributed by atoms with Crippen molar-refractivity contribution in [1.82, 2.24) is 15.4 Å². The molecule has 166 valence electrons. The summed E-state index contributed by atoms with van der Waals surface area (Å²) in [5.41, 5.74) is 14.5.